The molecule has 1 aliphatic rings. The lowest BCUT2D eigenvalue weighted by Crippen LogP contribution is -2.14. The van der Waals surface area contributed by atoms with Crippen LogP contribution in [0.1, 0.15) is 29.3 Å². The Bertz CT molecular complexity index is 1070. The zero-order chi connectivity index (χ0) is 20.6. The molecule has 1 heterocycles. The van der Waals surface area contributed by atoms with Crippen molar-refractivity contribution in [1.82, 2.24) is 0 Å². The predicted octanol–water partition coefficient (Wildman–Crippen LogP) is 5.31. The first-order chi connectivity index (χ1) is 13.9. The second-order valence-corrected chi connectivity index (χ2v) is 9.97. The highest BCUT2D eigenvalue weighted by molar-refractivity contribution is 7.40. The first-order valence-electron chi connectivity index (χ1n) is 9.39. The van der Waals surface area contributed by atoms with Gasteiger partial charge in [-0.2, -0.15) is 4.89 Å². The number of anilines is 2. The molecule has 1 amide bonds. The molecule has 29 heavy (non-hydrogen) atoms. The number of hydrogen-bond acceptors (Lipinski definition) is 4. The Morgan fingerprint density at radius 2 is 2.00 bits per heavy atom. The molecule has 7 heteroatoms. The van der Waals surface area contributed by atoms with E-state index in [1.54, 1.807) is 29.5 Å². The summed E-state index contributed by atoms with van der Waals surface area (Å²) >= 11 is 1.63. The third kappa shape index (κ3) is 3.97. The number of nitrogens with one attached hydrogen (secondary N) is 1. The number of nitrogens with two attached hydrogens (primary N) is 1. The molecule has 4 N–H and O–H groups in total. The summed E-state index contributed by atoms with van der Waals surface area (Å²) in [5.41, 5.74) is 9.61. The summed E-state index contributed by atoms with van der Waals surface area (Å²) in [5.74, 6) is 0.00648. The highest BCUT2D eigenvalue weighted by Gasteiger charge is 2.66. The molecule has 5 nitrogen and oxygen atoms in total. The minimum absolute atomic E-state index is 0.241. The third-order valence-electron chi connectivity index (χ3n) is 5.63. The molecule has 0 aliphatic heterocycles. The van der Waals surface area contributed by atoms with Gasteiger partial charge in [-0.3, -0.25) is 4.79 Å². The summed E-state index contributed by atoms with van der Waals surface area (Å²) in [6, 6.07) is 16.8. The number of rotatable bonds is 6. The van der Waals surface area contributed by atoms with Gasteiger partial charge in [-0.05, 0) is 51.4 Å². The lowest BCUT2D eigenvalue weighted by Gasteiger charge is -2.11. The summed E-state index contributed by atoms with van der Waals surface area (Å²) < 4.78 is 11.7. The Morgan fingerprint density at radius 1 is 1.28 bits per heavy atom. The van der Waals surface area contributed by atoms with Gasteiger partial charge >= 0.3 is 8.03 Å². The zero-order valence-electron chi connectivity index (χ0n) is 16.0. The molecule has 0 spiro atoms. The first kappa shape index (κ1) is 19.8. The Hall–Kier alpha value is -2.53. The van der Waals surface area contributed by atoms with E-state index in [1.165, 1.54) is 0 Å². The fourth-order valence-corrected chi connectivity index (χ4v) is 5.48. The van der Waals surface area contributed by atoms with E-state index in [2.05, 4.69) is 5.32 Å². The molecule has 3 aromatic rings. The van der Waals surface area contributed by atoms with Crippen LogP contribution in [0.25, 0.3) is 10.4 Å². The van der Waals surface area contributed by atoms with Crippen molar-refractivity contribution in [2.45, 2.75) is 24.9 Å². The number of hydrogen-bond donors (Lipinski definition) is 3. The number of amides is 1. The maximum absolute atomic E-state index is 12.7. The van der Waals surface area contributed by atoms with Crippen LogP contribution >= 0.6 is 19.4 Å². The molecule has 1 saturated carbocycles. The maximum Gasteiger partial charge on any atom is 0.512 e. The summed E-state index contributed by atoms with van der Waals surface area (Å²) in [6.45, 7) is 2.00. The monoisotopic (exact) mass is 425 g/mol. The normalized spacial score (nSPS) is 20.9. The van der Waals surface area contributed by atoms with Gasteiger partial charge in [0, 0.05) is 29.2 Å². The highest BCUT2D eigenvalue weighted by atomic mass is 32.1. The Kier molecular flexibility index (Phi) is 5.26. The molecular weight excluding hydrogens is 403 g/mol. The topological polar surface area (TPSA) is 92.4 Å². The van der Waals surface area contributed by atoms with Crippen molar-refractivity contribution in [2.75, 3.05) is 11.1 Å². The minimum Gasteiger partial charge on any atom is -0.397 e. The van der Waals surface area contributed by atoms with E-state index >= 15 is 0 Å². The van der Waals surface area contributed by atoms with E-state index < -0.39 is 13.2 Å². The number of thiophene rings is 1. The standard InChI is InChI=1S/C22H21N2O3PS/c1-14-12-22(14,28(26)27)13-15-4-6-16(7-5-15)21(25)24-19-11-17(8-9-18(19)23)20-3-2-10-29-20/h2-11,14H,12-13,23H2,1H3,(H-,24,25,26,27)/p+1. The van der Waals surface area contributed by atoms with Gasteiger partial charge in [0.1, 0.15) is 0 Å². The molecule has 2 aromatic carbocycles. The fourth-order valence-electron chi connectivity index (χ4n) is 3.63. The second kappa shape index (κ2) is 7.71. The summed E-state index contributed by atoms with van der Waals surface area (Å²) in [4.78, 5) is 23.4. The van der Waals surface area contributed by atoms with Crippen LogP contribution in [-0.4, -0.2) is 16.0 Å². The van der Waals surface area contributed by atoms with Gasteiger partial charge in [0.15, 0.2) is 0 Å². The van der Waals surface area contributed by atoms with Crippen LogP contribution in [0.2, 0.25) is 0 Å². The van der Waals surface area contributed by atoms with E-state index in [1.807, 2.05) is 48.7 Å². The molecule has 0 radical (unpaired) electrons. The van der Waals surface area contributed by atoms with Gasteiger partial charge < -0.3 is 11.1 Å². The van der Waals surface area contributed by atoms with Crippen molar-refractivity contribution in [1.29, 1.82) is 0 Å². The van der Waals surface area contributed by atoms with Crippen LogP contribution in [0.3, 0.4) is 0 Å². The van der Waals surface area contributed by atoms with E-state index in [4.69, 9.17) is 5.73 Å². The molecule has 3 unspecified atom stereocenters. The predicted molar refractivity (Wildman–Crippen MR) is 119 cm³/mol. The van der Waals surface area contributed by atoms with Crippen LogP contribution in [0.4, 0.5) is 11.4 Å². The fraction of sp³-hybridized carbons (Fsp3) is 0.227. The number of nitrogen functional groups attached to an aromatic ring is 1. The Balaban J connectivity index is 1.48. The first-order valence-corrected chi connectivity index (χ1v) is 11.5. The van der Waals surface area contributed by atoms with Crippen molar-refractivity contribution in [3.8, 4) is 10.4 Å². The average Bonchev–Trinajstić information content (AvgIpc) is 3.10. The quantitative estimate of drug-likeness (QED) is 0.369. The van der Waals surface area contributed by atoms with E-state index in [0.717, 1.165) is 22.4 Å². The minimum atomic E-state index is -2.21. The van der Waals surface area contributed by atoms with E-state index in [-0.39, 0.29) is 11.8 Å². The van der Waals surface area contributed by atoms with Crippen LogP contribution < -0.4 is 11.1 Å². The van der Waals surface area contributed by atoms with Crippen molar-refractivity contribution < 1.29 is 14.3 Å². The van der Waals surface area contributed by atoms with Crippen LogP contribution in [0, 0.1) is 5.92 Å². The largest absolute Gasteiger partial charge is 0.512 e. The van der Waals surface area contributed by atoms with Gasteiger partial charge in [0.05, 0.1) is 11.4 Å². The van der Waals surface area contributed by atoms with Crippen LogP contribution in [0.15, 0.2) is 60.0 Å². The Morgan fingerprint density at radius 3 is 2.59 bits per heavy atom. The van der Waals surface area contributed by atoms with Crippen LogP contribution in [0.5, 0.6) is 0 Å². The lowest BCUT2D eigenvalue weighted by molar-refractivity contribution is 0.102. The number of benzene rings is 2. The van der Waals surface area contributed by atoms with Gasteiger partial charge in [-0.25, -0.2) is 0 Å². The molecule has 1 fully saturated rings. The van der Waals surface area contributed by atoms with Crippen molar-refractivity contribution in [3.05, 3.63) is 71.1 Å². The number of carbonyl (C=O) groups is 1. The molecule has 1 aromatic heterocycles. The molecular formula is C22H22N2O3PS+. The van der Waals surface area contributed by atoms with Gasteiger partial charge in [0.25, 0.3) is 5.91 Å². The SMILES string of the molecule is CC1CC1(Cc1ccc(C(=O)Nc2cc(-c3cccs3)ccc2N)cc1)[P+](=O)O. The third-order valence-corrected chi connectivity index (χ3v) is 8.09. The molecule has 0 bridgehead atoms. The van der Waals surface area contributed by atoms with Crippen molar-refractivity contribution in [3.63, 3.8) is 0 Å². The van der Waals surface area contributed by atoms with E-state index in [0.29, 0.717) is 23.4 Å². The highest BCUT2D eigenvalue weighted by Crippen LogP contribution is 2.61. The molecule has 3 atom stereocenters. The smallest absolute Gasteiger partial charge is 0.397 e. The summed E-state index contributed by atoms with van der Waals surface area (Å²) in [6.07, 6.45) is 1.32. The van der Waals surface area contributed by atoms with Gasteiger partial charge in [-0.15, -0.1) is 11.3 Å². The summed E-state index contributed by atoms with van der Waals surface area (Å²) in [5, 5.41) is 4.39. The van der Waals surface area contributed by atoms with Crippen molar-refractivity contribution >= 4 is 36.6 Å². The molecule has 4 rings (SSSR count). The van der Waals surface area contributed by atoms with Gasteiger partial charge in [0.2, 0.25) is 5.16 Å². The van der Waals surface area contributed by atoms with Crippen molar-refractivity contribution in [2.24, 2.45) is 5.92 Å². The van der Waals surface area contributed by atoms with Gasteiger partial charge in [-0.1, -0.05) is 31.2 Å². The van der Waals surface area contributed by atoms with E-state index in [9.17, 15) is 14.3 Å². The maximum atomic E-state index is 12.7. The zero-order valence-corrected chi connectivity index (χ0v) is 17.7. The molecule has 1 aliphatic carbocycles. The Labute approximate surface area is 174 Å². The van der Waals surface area contributed by atoms with Crippen LogP contribution in [-0.2, 0) is 11.0 Å². The number of carbonyl (C=O) groups excluding carboxylic acids is 1. The molecule has 148 valence electrons. The molecule has 0 saturated heterocycles. The lowest BCUT2D eigenvalue weighted by atomic mass is 10.0. The average molecular weight is 425 g/mol. The summed E-state index contributed by atoms with van der Waals surface area (Å²) in [7, 11) is -2.21. The second-order valence-electron chi connectivity index (χ2n) is 7.59.